The molecule has 0 heterocycles. The maximum atomic E-state index is 5.29. The van der Waals surface area contributed by atoms with Gasteiger partial charge in [0.25, 0.3) is 0 Å². The first-order valence-corrected chi connectivity index (χ1v) is 5.22. The van der Waals surface area contributed by atoms with Crippen molar-refractivity contribution in [1.82, 2.24) is 4.90 Å². The summed E-state index contributed by atoms with van der Waals surface area (Å²) in [6, 6.07) is 6.20. The van der Waals surface area contributed by atoms with E-state index in [1.54, 1.807) is 7.11 Å². The molecule has 1 aromatic carbocycles. The molecule has 0 amide bonds. The minimum absolute atomic E-state index is 0.768. The SMILES string of the molecule is COc1ccc(CS)cc1CN(C)C. The molecule has 14 heavy (non-hydrogen) atoms. The topological polar surface area (TPSA) is 12.5 Å². The highest BCUT2D eigenvalue weighted by atomic mass is 32.1. The molecule has 2 nitrogen and oxygen atoms in total. The van der Waals surface area contributed by atoms with Crippen LogP contribution in [0.15, 0.2) is 18.2 Å². The summed E-state index contributed by atoms with van der Waals surface area (Å²) >= 11 is 4.26. The summed E-state index contributed by atoms with van der Waals surface area (Å²) in [6.45, 7) is 0.894. The van der Waals surface area contributed by atoms with Crippen LogP contribution in [0.3, 0.4) is 0 Å². The lowest BCUT2D eigenvalue weighted by Crippen LogP contribution is -2.11. The molecule has 0 aliphatic carbocycles. The van der Waals surface area contributed by atoms with E-state index in [1.807, 2.05) is 26.2 Å². The summed E-state index contributed by atoms with van der Waals surface area (Å²) in [6.07, 6.45) is 0. The Hall–Kier alpha value is -0.670. The van der Waals surface area contributed by atoms with Crippen molar-refractivity contribution in [3.8, 4) is 5.75 Å². The zero-order valence-electron chi connectivity index (χ0n) is 8.95. The number of methoxy groups -OCH3 is 1. The van der Waals surface area contributed by atoms with E-state index in [1.165, 1.54) is 11.1 Å². The summed E-state index contributed by atoms with van der Waals surface area (Å²) < 4.78 is 5.29. The number of nitrogens with zero attached hydrogens (tertiary/aromatic N) is 1. The van der Waals surface area contributed by atoms with Crippen LogP contribution in [0.4, 0.5) is 0 Å². The van der Waals surface area contributed by atoms with E-state index in [-0.39, 0.29) is 0 Å². The van der Waals surface area contributed by atoms with Crippen molar-refractivity contribution in [2.45, 2.75) is 12.3 Å². The third-order valence-electron chi connectivity index (χ3n) is 2.01. The normalized spacial score (nSPS) is 10.6. The second kappa shape index (κ2) is 5.27. The van der Waals surface area contributed by atoms with Crippen molar-refractivity contribution in [3.63, 3.8) is 0 Å². The number of hydrogen-bond donors (Lipinski definition) is 1. The maximum absolute atomic E-state index is 5.29. The third kappa shape index (κ3) is 2.93. The summed E-state index contributed by atoms with van der Waals surface area (Å²) in [7, 11) is 5.80. The van der Waals surface area contributed by atoms with Gasteiger partial charge < -0.3 is 9.64 Å². The highest BCUT2D eigenvalue weighted by molar-refractivity contribution is 7.79. The first-order valence-electron chi connectivity index (χ1n) is 4.58. The van der Waals surface area contributed by atoms with Crippen molar-refractivity contribution in [1.29, 1.82) is 0 Å². The van der Waals surface area contributed by atoms with Gasteiger partial charge >= 0.3 is 0 Å². The Morgan fingerprint density at radius 1 is 1.36 bits per heavy atom. The lowest BCUT2D eigenvalue weighted by atomic mass is 10.1. The van der Waals surface area contributed by atoms with Crippen molar-refractivity contribution in [2.24, 2.45) is 0 Å². The van der Waals surface area contributed by atoms with Gasteiger partial charge in [0.15, 0.2) is 0 Å². The molecule has 0 radical (unpaired) electrons. The highest BCUT2D eigenvalue weighted by Crippen LogP contribution is 2.21. The van der Waals surface area contributed by atoms with Gasteiger partial charge in [0, 0.05) is 17.9 Å². The standard InChI is InChI=1S/C11H17NOS/c1-12(2)7-10-6-9(8-14)4-5-11(10)13-3/h4-6,14H,7-8H2,1-3H3. The van der Waals surface area contributed by atoms with E-state index < -0.39 is 0 Å². The largest absolute Gasteiger partial charge is 0.496 e. The number of hydrogen-bond acceptors (Lipinski definition) is 3. The molecular weight excluding hydrogens is 194 g/mol. The average molecular weight is 211 g/mol. The minimum Gasteiger partial charge on any atom is -0.496 e. The van der Waals surface area contributed by atoms with Crippen LogP contribution in [-0.4, -0.2) is 26.1 Å². The predicted molar refractivity (Wildman–Crippen MR) is 63.1 cm³/mol. The van der Waals surface area contributed by atoms with Crippen LogP contribution >= 0.6 is 12.6 Å². The van der Waals surface area contributed by atoms with Crippen LogP contribution in [0.2, 0.25) is 0 Å². The smallest absolute Gasteiger partial charge is 0.123 e. The Morgan fingerprint density at radius 2 is 2.07 bits per heavy atom. The van der Waals surface area contributed by atoms with Crippen molar-refractivity contribution in [2.75, 3.05) is 21.2 Å². The molecule has 0 saturated carbocycles. The van der Waals surface area contributed by atoms with E-state index in [9.17, 15) is 0 Å². The molecule has 0 aliphatic heterocycles. The maximum Gasteiger partial charge on any atom is 0.123 e. The zero-order chi connectivity index (χ0) is 10.6. The lowest BCUT2D eigenvalue weighted by Gasteiger charge is -2.14. The van der Waals surface area contributed by atoms with Gasteiger partial charge in [-0.1, -0.05) is 6.07 Å². The Bertz CT molecular complexity index is 299. The van der Waals surface area contributed by atoms with E-state index in [0.717, 1.165) is 18.0 Å². The first kappa shape index (κ1) is 11.4. The molecule has 78 valence electrons. The molecule has 0 fully saturated rings. The van der Waals surface area contributed by atoms with Gasteiger partial charge in [-0.15, -0.1) is 0 Å². The number of thiol groups is 1. The third-order valence-corrected chi connectivity index (χ3v) is 2.38. The summed E-state index contributed by atoms with van der Waals surface area (Å²) in [5.41, 5.74) is 2.44. The number of benzene rings is 1. The van der Waals surface area contributed by atoms with E-state index in [0.29, 0.717) is 0 Å². The van der Waals surface area contributed by atoms with Gasteiger partial charge in [-0.2, -0.15) is 12.6 Å². The molecule has 0 spiro atoms. The molecule has 0 unspecified atom stereocenters. The molecule has 3 heteroatoms. The Morgan fingerprint density at radius 3 is 2.57 bits per heavy atom. The fourth-order valence-corrected chi connectivity index (χ4v) is 1.59. The van der Waals surface area contributed by atoms with Gasteiger partial charge in [-0.25, -0.2) is 0 Å². The Balaban J connectivity index is 2.96. The van der Waals surface area contributed by atoms with Crippen LogP contribution in [0, 0.1) is 0 Å². The van der Waals surface area contributed by atoms with Gasteiger partial charge in [0.1, 0.15) is 5.75 Å². The molecule has 1 rings (SSSR count). The van der Waals surface area contributed by atoms with E-state index >= 15 is 0 Å². The van der Waals surface area contributed by atoms with E-state index in [2.05, 4.69) is 23.6 Å². The Kier molecular flexibility index (Phi) is 4.29. The summed E-state index contributed by atoms with van der Waals surface area (Å²) in [4.78, 5) is 2.13. The summed E-state index contributed by atoms with van der Waals surface area (Å²) in [5.74, 6) is 1.72. The number of rotatable bonds is 4. The predicted octanol–water partition coefficient (Wildman–Crippen LogP) is 2.19. The van der Waals surface area contributed by atoms with Crippen LogP contribution in [0.25, 0.3) is 0 Å². The van der Waals surface area contributed by atoms with Crippen molar-refractivity contribution >= 4 is 12.6 Å². The van der Waals surface area contributed by atoms with Gasteiger partial charge in [-0.05, 0) is 31.8 Å². The van der Waals surface area contributed by atoms with Crippen molar-refractivity contribution < 1.29 is 4.74 Å². The molecule has 0 saturated heterocycles. The van der Waals surface area contributed by atoms with Gasteiger partial charge in [0.05, 0.1) is 7.11 Å². The first-order chi connectivity index (χ1) is 6.67. The fourth-order valence-electron chi connectivity index (χ4n) is 1.39. The second-order valence-electron chi connectivity index (χ2n) is 3.54. The molecule has 0 bridgehead atoms. The van der Waals surface area contributed by atoms with E-state index in [4.69, 9.17) is 4.74 Å². The Labute approximate surface area is 91.3 Å². The van der Waals surface area contributed by atoms with Crippen LogP contribution in [0.1, 0.15) is 11.1 Å². The van der Waals surface area contributed by atoms with Gasteiger partial charge in [-0.3, -0.25) is 0 Å². The molecule has 0 atom stereocenters. The molecule has 0 aliphatic rings. The molecule has 0 N–H and O–H groups in total. The highest BCUT2D eigenvalue weighted by Gasteiger charge is 2.04. The second-order valence-corrected chi connectivity index (χ2v) is 3.86. The average Bonchev–Trinajstić information content (AvgIpc) is 2.16. The molecule has 0 aromatic heterocycles. The quantitative estimate of drug-likeness (QED) is 0.766. The van der Waals surface area contributed by atoms with Crippen LogP contribution in [-0.2, 0) is 12.3 Å². The van der Waals surface area contributed by atoms with Crippen molar-refractivity contribution in [3.05, 3.63) is 29.3 Å². The summed E-state index contributed by atoms with van der Waals surface area (Å²) in [5, 5.41) is 0. The zero-order valence-corrected chi connectivity index (χ0v) is 9.84. The monoisotopic (exact) mass is 211 g/mol. The van der Waals surface area contributed by atoms with Gasteiger partial charge in [0.2, 0.25) is 0 Å². The van der Waals surface area contributed by atoms with Crippen LogP contribution in [0.5, 0.6) is 5.75 Å². The molecular formula is C11H17NOS. The lowest BCUT2D eigenvalue weighted by molar-refractivity contribution is 0.371. The minimum atomic E-state index is 0.768. The fraction of sp³-hybridized carbons (Fsp3) is 0.455. The van der Waals surface area contributed by atoms with Crippen LogP contribution < -0.4 is 4.74 Å². The number of ether oxygens (including phenoxy) is 1. The molecule has 1 aromatic rings.